The van der Waals surface area contributed by atoms with Gasteiger partial charge in [-0.25, -0.2) is 4.79 Å². The van der Waals surface area contributed by atoms with Crippen molar-refractivity contribution in [3.63, 3.8) is 0 Å². The quantitative estimate of drug-likeness (QED) is 0.753. The number of hydrogen-bond acceptors (Lipinski definition) is 3. The molecule has 1 heterocycles. The SMILES string of the molecule is CCNC(=O)N1CCN(C(C)C(=O)Nc2cc(Cl)c(Cl)cc2Cl)CC1. The first kappa shape index (κ1) is 20.1. The molecular weight excluding hydrogens is 387 g/mol. The number of nitrogens with one attached hydrogen (secondary N) is 2. The average molecular weight is 408 g/mol. The van der Waals surface area contributed by atoms with E-state index in [1.807, 2.05) is 18.7 Å². The Morgan fingerprint density at radius 1 is 1.08 bits per heavy atom. The number of urea groups is 1. The van der Waals surface area contributed by atoms with Gasteiger partial charge in [-0.1, -0.05) is 34.8 Å². The van der Waals surface area contributed by atoms with Gasteiger partial charge < -0.3 is 15.5 Å². The smallest absolute Gasteiger partial charge is 0.317 e. The second-order valence-corrected chi connectivity index (χ2v) is 6.99. The molecule has 1 aromatic rings. The highest BCUT2D eigenvalue weighted by atomic mass is 35.5. The van der Waals surface area contributed by atoms with Crippen LogP contribution < -0.4 is 10.6 Å². The van der Waals surface area contributed by atoms with Crippen LogP contribution >= 0.6 is 34.8 Å². The second kappa shape index (κ2) is 8.94. The minimum Gasteiger partial charge on any atom is -0.338 e. The van der Waals surface area contributed by atoms with Gasteiger partial charge in [0.2, 0.25) is 5.91 Å². The molecule has 1 fully saturated rings. The van der Waals surface area contributed by atoms with Crippen LogP contribution in [0.25, 0.3) is 0 Å². The summed E-state index contributed by atoms with van der Waals surface area (Å²) in [6, 6.07) is 2.60. The third-order valence-corrected chi connectivity index (χ3v) is 5.16. The highest BCUT2D eigenvalue weighted by Gasteiger charge is 2.27. The number of nitrogens with zero attached hydrogens (tertiary/aromatic N) is 2. The Balaban J connectivity index is 1.93. The lowest BCUT2D eigenvalue weighted by Gasteiger charge is -2.37. The van der Waals surface area contributed by atoms with Crippen LogP contribution in [0.4, 0.5) is 10.5 Å². The molecule has 0 aliphatic carbocycles. The Bertz CT molecular complexity index is 649. The molecule has 2 rings (SSSR count). The molecule has 1 saturated heterocycles. The summed E-state index contributed by atoms with van der Waals surface area (Å²) in [6.07, 6.45) is 0. The average Bonchev–Trinajstić information content (AvgIpc) is 2.59. The minimum atomic E-state index is -0.359. The summed E-state index contributed by atoms with van der Waals surface area (Å²) in [7, 11) is 0. The lowest BCUT2D eigenvalue weighted by molar-refractivity contribution is -0.121. The largest absolute Gasteiger partial charge is 0.338 e. The van der Waals surface area contributed by atoms with Crippen molar-refractivity contribution < 1.29 is 9.59 Å². The highest BCUT2D eigenvalue weighted by molar-refractivity contribution is 6.44. The van der Waals surface area contributed by atoms with Crippen LogP contribution in [0.5, 0.6) is 0 Å². The van der Waals surface area contributed by atoms with Crippen LogP contribution in [0.2, 0.25) is 15.1 Å². The zero-order chi connectivity index (χ0) is 18.6. The molecule has 0 bridgehead atoms. The third kappa shape index (κ3) is 5.14. The minimum absolute atomic E-state index is 0.0677. The molecule has 0 saturated carbocycles. The highest BCUT2D eigenvalue weighted by Crippen LogP contribution is 2.32. The Labute approximate surface area is 162 Å². The predicted octanol–water partition coefficient (Wildman–Crippen LogP) is 3.32. The fourth-order valence-corrected chi connectivity index (χ4v) is 3.19. The Morgan fingerprint density at radius 2 is 1.68 bits per heavy atom. The Hall–Kier alpha value is -1.21. The molecule has 1 aliphatic heterocycles. The standard InChI is InChI=1S/C16H21Cl3N4O2/c1-3-20-16(25)23-6-4-22(5-7-23)10(2)15(24)21-14-9-12(18)11(17)8-13(14)19/h8-10H,3-7H2,1-2H3,(H,20,25)(H,21,24). The number of rotatable bonds is 4. The van der Waals surface area contributed by atoms with Crippen molar-refractivity contribution in [2.45, 2.75) is 19.9 Å². The summed E-state index contributed by atoms with van der Waals surface area (Å²) < 4.78 is 0. The Kier molecular flexibility index (Phi) is 7.19. The van der Waals surface area contributed by atoms with Gasteiger partial charge in [0.15, 0.2) is 0 Å². The van der Waals surface area contributed by atoms with E-state index in [1.54, 1.807) is 4.90 Å². The van der Waals surface area contributed by atoms with Gasteiger partial charge in [0, 0.05) is 32.7 Å². The van der Waals surface area contributed by atoms with E-state index in [0.29, 0.717) is 53.5 Å². The van der Waals surface area contributed by atoms with Crippen molar-refractivity contribution >= 4 is 52.4 Å². The zero-order valence-electron chi connectivity index (χ0n) is 14.1. The van der Waals surface area contributed by atoms with Crippen molar-refractivity contribution in [2.24, 2.45) is 0 Å². The van der Waals surface area contributed by atoms with E-state index in [1.165, 1.54) is 12.1 Å². The topological polar surface area (TPSA) is 64.7 Å². The van der Waals surface area contributed by atoms with Gasteiger partial charge in [0.05, 0.1) is 26.8 Å². The lowest BCUT2D eigenvalue weighted by atomic mass is 10.2. The lowest BCUT2D eigenvalue weighted by Crippen LogP contribution is -2.55. The van der Waals surface area contributed by atoms with Crippen molar-refractivity contribution in [1.82, 2.24) is 15.1 Å². The number of hydrogen-bond donors (Lipinski definition) is 2. The molecule has 1 atom stereocenters. The number of carbonyl (C=O) groups is 2. The van der Waals surface area contributed by atoms with Crippen LogP contribution in [0.15, 0.2) is 12.1 Å². The van der Waals surface area contributed by atoms with Crippen LogP contribution in [0.1, 0.15) is 13.8 Å². The molecule has 25 heavy (non-hydrogen) atoms. The summed E-state index contributed by atoms with van der Waals surface area (Å²) in [4.78, 5) is 28.1. The van der Waals surface area contributed by atoms with Gasteiger partial charge in [-0.3, -0.25) is 9.69 Å². The van der Waals surface area contributed by atoms with Gasteiger partial charge in [-0.05, 0) is 26.0 Å². The number of amides is 3. The van der Waals surface area contributed by atoms with Crippen LogP contribution in [0, 0.1) is 0 Å². The number of carbonyl (C=O) groups excluding carboxylic acids is 2. The predicted molar refractivity (Wildman–Crippen MR) is 102 cm³/mol. The summed E-state index contributed by atoms with van der Waals surface area (Å²) >= 11 is 18.0. The van der Waals surface area contributed by atoms with Crippen molar-refractivity contribution in [3.8, 4) is 0 Å². The molecule has 6 nitrogen and oxygen atoms in total. The van der Waals surface area contributed by atoms with Crippen molar-refractivity contribution in [2.75, 3.05) is 38.0 Å². The molecule has 3 amide bonds. The normalized spacial score (nSPS) is 16.4. The van der Waals surface area contributed by atoms with Gasteiger partial charge in [-0.2, -0.15) is 0 Å². The van der Waals surface area contributed by atoms with E-state index >= 15 is 0 Å². The molecule has 2 N–H and O–H groups in total. The fourth-order valence-electron chi connectivity index (χ4n) is 2.60. The molecule has 0 radical (unpaired) electrons. The van der Waals surface area contributed by atoms with Crippen LogP contribution in [-0.2, 0) is 4.79 Å². The third-order valence-electron chi connectivity index (χ3n) is 4.12. The Morgan fingerprint density at radius 3 is 2.28 bits per heavy atom. The monoisotopic (exact) mass is 406 g/mol. The molecule has 0 aromatic heterocycles. The first-order valence-electron chi connectivity index (χ1n) is 8.05. The summed E-state index contributed by atoms with van der Waals surface area (Å²) in [5.74, 6) is -0.188. The first-order chi connectivity index (χ1) is 11.8. The van der Waals surface area contributed by atoms with E-state index in [2.05, 4.69) is 10.6 Å². The van der Waals surface area contributed by atoms with E-state index < -0.39 is 0 Å². The van der Waals surface area contributed by atoms with E-state index in [4.69, 9.17) is 34.8 Å². The molecule has 1 aromatic carbocycles. The summed E-state index contributed by atoms with van der Waals surface area (Å²) in [5, 5.41) is 6.55. The number of benzene rings is 1. The molecule has 0 spiro atoms. The van der Waals surface area contributed by atoms with Crippen LogP contribution in [0.3, 0.4) is 0 Å². The second-order valence-electron chi connectivity index (χ2n) is 5.77. The van der Waals surface area contributed by atoms with Crippen molar-refractivity contribution in [1.29, 1.82) is 0 Å². The van der Waals surface area contributed by atoms with E-state index in [0.717, 1.165) is 0 Å². The summed E-state index contributed by atoms with van der Waals surface area (Å²) in [5.41, 5.74) is 0.425. The van der Waals surface area contributed by atoms with Gasteiger partial charge in [0.25, 0.3) is 0 Å². The fraction of sp³-hybridized carbons (Fsp3) is 0.500. The van der Waals surface area contributed by atoms with Gasteiger partial charge in [-0.15, -0.1) is 0 Å². The maximum Gasteiger partial charge on any atom is 0.317 e. The van der Waals surface area contributed by atoms with Crippen LogP contribution in [-0.4, -0.2) is 60.5 Å². The number of piperazine rings is 1. The molecule has 9 heteroatoms. The summed E-state index contributed by atoms with van der Waals surface area (Å²) in [6.45, 7) is 6.72. The maximum atomic E-state index is 12.5. The maximum absolute atomic E-state index is 12.5. The molecule has 1 unspecified atom stereocenters. The molecule has 1 aliphatic rings. The molecular formula is C16H21Cl3N4O2. The molecule has 138 valence electrons. The zero-order valence-corrected chi connectivity index (χ0v) is 16.4. The number of halogens is 3. The first-order valence-corrected chi connectivity index (χ1v) is 9.19. The van der Waals surface area contributed by atoms with Crippen molar-refractivity contribution in [3.05, 3.63) is 27.2 Å². The van der Waals surface area contributed by atoms with E-state index in [-0.39, 0.29) is 18.0 Å². The van der Waals surface area contributed by atoms with E-state index in [9.17, 15) is 9.59 Å². The number of anilines is 1. The van der Waals surface area contributed by atoms with Gasteiger partial charge in [0.1, 0.15) is 0 Å². The van der Waals surface area contributed by atoms with Gasteiger partial charge >= 0.3 is 6.03 Å².